The molecule has 19 heavy (non-hydrogen) atoms. The first kappa shape index (κ1) is 15.3. The van der Waals surface area contributed by atoms with Gasteiger partial charge in [0.05, 0.1) is 0 Å². The highest BCUT2D eigenvalue weighted by molar-refractivity contribution is 5.05. The molecule has 1 aliphatic carbocycles. The van der Waals surface area contributed by atoms with Gasteiger partial charge in [-0.15, -0.1) is 0 Å². The van der Waals surface area contributed by atoms with Crippen LogP contribution in [0.15, 0.2) is 0 Å². The zero-order chi connectivity index (χ0) is 13.9. The minimum absolute atomic E-state index is 0.443. The van der Waals surface area contributed by atoms with Crippen LogP contribution in [0, 0.1) is 0 Å². The topological polar surface area (TPSA) is 15.3 Å². The second-order valence-electron chi connectivity index (χ2n) is 6.84. The molecule has 0 amide bonds. The summed E-state index contributed by atoms with van der Waals surface area (Å²) in [5, 5.41) is 3.93. The molecule has 112 valence electrons. The molecule has 1 saturated carbocycles. The van der Waals surface area contributed by atoms with Crippen LogP contribution in [0.25, 0.3) is 0 Å². The Morgan fingerprint density at radius 2 is 1.63 bits per heavy atom. The fourth-order valence-electron chi connectivity index (χ4n) is 4.62. The van der Waals surface area contributed by atoms with Gasteiger partial charge in [0.25, 0.3) is 0 Å². The molecule has 0 aromatic heterocycles. The number of rotatable bonds is 5. The summed E-state index contributed by atoms with van der Waals surface area (Å²) in [4.78, 5) is 2.91. The maximum atomic E-state index is 3.93. The molecule has 1 saturated heterocycles. The van der Waals surface area contributed by atoms with E-state index in [1.807, 2.05) is 0 Å². The molecular weight excluding hydrogens is 232 g/mol. The van der Waals surface area contributed by atoms with Crippen molar-refractivity contribution < 1.29 is 0 Å². The van der Waals surface area contributed by atoms with Gasteiger partial charge >= 0.3 is 0 Å². The van der Waals surface area contributed by atoms with Crippen LogP contribution in [-0.4, -0.2) is 35.1 Å². The summed E-state index contributed by atoms with van der Waals surface area (Å²) in [6, 6.07) is 0.742. The fourth-order valence-corrected chi connectivity index (χ4v) is 4.62. The van der Waals surface area contributed by atoms with E-state index in [0.29, 0.717) is 11.1 Å². The van der Waals surface area contributed by atoms with E-state index in [-0.39, 0.29) is 0 Å². The molecule has 1 N–H and O–H groups in total. The Hall–Kier alpha value is -0.0800. The van der Waals surface area contributed by atoms with E-state index < -0.39 is 0 Å². The van der Waals surface area contributed by atoms with Gasteiger partial charge in [0.1, 0.15) is 0 Å². The predicted molar refractivity (Wildman–Crippen MR) is 83.6 cm³/mol. The van der Waals surface area contributed by atoms with Crippen molar-refractivity contribution in [1.29, 1.82) is 0 Å². The highest BCUT2D eigenvalue weighted by atomic mass is 15.3. The maximum Gasteiger partial charge on any atom is 0.0309 e. The van der Waals surface area contributed by atoms with Crippen molar-refractivity contribution in [2.75, 3.05) is 13.1 Å². The summed E-state index contributed by atoms with van der Waals surface area (Å²) in [6.45, 7) is 12.0. The molecule has 0 bridgehead atoms. The highest BCUT2D eigenvalue weighted by Crippen LogP contribution is 2.39. The van der Waals surface area contributed by atoms with Crippen LogP contribution in [0.2, 0.25) is 0 Å². The van der Waals surface area contributed by atoms with Gasteiger partial charge < -0.3 is 5.32 Å². The number of hydrogen-bond donors (Lipinski definition) is 1. The van der Waals surface area contributed by atoms with Gasteiger partial charge in [-0.25, -0.2) is 0 Å². The third kappa shape index (κ3) is 2.71. The Morgan fingerprint density at radius 3 is 2.11 bits per heavy atom. The Balaban J connectivity index is 2.21. The van der Waals surface area contributed by atoms with Crippen LogP contribution in [0.1, 0.15) is 79.1 Å². The molecule has 2 heteroatoms. The average molecular weight is 266 g/mol. The van der Waals surface area contributed by atoms with E-state index in [2.05, 4.69) is 37.9 Å². The molecule has 1 aliphatic heterocycles. The minimum Gasteiger partial charge on any atom is -0.308 e. The largest absolute Gasteiger partial charge is 0.308 e. The van der Waals surface area contributed by atoms with E-state index in [1.54, 1.807) is 0 Å². The monoisotopic (exact) mass is 266 g/mol. The molecule has 0 aromatic carbocycles. The average Bonchev–Trinajstić information content (AvgIpc) is 2.90. The maximum absolute atomic E-state index is 3.93. The second kappa shape index (κ2) is 6.13. The molecule has 2 aliphatic rings. The Bertz CT molecular complexity index is 269. The standard InChI is InChI=1S/C17H34N2/c1-5-15-13-18-16(11-9-10-12-16)14-19(15)17(6-2,7-3)8-4/h15,18H,5-14H2,1-4H3. The number of nitrogens with zero attached hydrogens (tertiary/aromatic N) is 1. The summed E-state index contributed by atoms with van der Waals surface area (Å²) in [5.41, 5.74) is 0.898. The molecule has 1 heterocycles. The third-order valence-electron chi connectivity index (χ3n) is 6.24. The molecule has 0 radical (unpaired) electrons. The van der Waals surface area contributed by atoms with Crippen LogP contribution < -0.4 is 5.32 Å². The fraction of sp³-hybridized carbons (Fsp3) is 1.00. The van der Waals surface area contributed by atoms with E-state index in [1.165, 1.54) is 64.5 Å². The van der Waals surface area contributed by atoms with Crippen molar-refractivity contribution in [2.45, 2.75) is 96.2 Å². The zero-order valence-corrected chi connectivity index (χ0v) is 13.6. The lowest BCUT2D eigenvalue weighted by Gasteiger charge is -2.55. The van der Waals surface area contributed by atoms with Crippen LogP contribution in [0.3, 0.4) is 0 Å². The van der Waals surface area contributed by atoms with Gasteiger partial charge in [-0.3, -0.25) is 4.90 Å². The van der Waals surface area contributed by atoms with Gasteiger partial charge in [-0.05, 0) is 38.5 Å². The van der Waals surface area contributed by atoms with E-state index in [9.17, 15) is 0 Å². The highest BCUT2D eigenvalue weighted by Gasteiger charge is 2.46. The van der Waals surface area contributed by atoms with Gasteiger partial charge in [0.15, 0.2) is 0 Å². The minimum atomic E-state index is 0.443. The van der Waals surface area contributed by atoms with E-state index in [0.717, 1.165) is 6.04 Å². The van der Waals surface area contributed by atoms with Crippen LogP contribution in [0.4, 0.5) is 0 Å². The van der Waals surface area contributed by atoms with Crippen molar-refractivity contribution in [3.63, 3.8) is 0 Å². The zero-order valence-electron chi connectivity index (χ0n) is 13.6. The van der Waals surface area contributed by atoms with Crippen molar-refractivity contribution in [3.8, 4) is 0 Å². The lowest BCUT2D eigenvalue weighted by atomic mass is 9.81. The molecular formula is C17H34N2. The molecule has 2 nitrogen and oxygen atoms in total. The number of nitrogens with one attached hydrogen (secondary N) is 1. The van der Waals surface area contributed by atoms with Gasteiger partial charge in [-0.1, -0.05) is 40.5 Å². The molecule has 0 aromatic rings. The number of piperazine rings is 1. The molecule has 2 fully saturated rings. The first-order chi connectivity index (χ1) is 9.15. The van der Waals surface area contributed by atoms with Crippen LogP contribution in [0.5, 0.6) is 0 Å². The van der Waals surface area contributed by atoms with Crippen molar-refractivity contribution >= 4 is 0 Å². The van der Waals surface area contributed by atoms with Crippen LogP contribution >= 0.6 is 0 Å². The normalized spacial score (nSPS) is 28.1. The lowest BCUT2D eigenvalue weighted by Crippen LogP contribution is -2.68. The molecule has 1 atom stereocenters. The Kier molecular flexibility index (Phi) is 4.94. The SMILES string of the molecule is CCC1CNC2(CCCC2)CN1C(CC)(CC)CC. The summed E-state index contributed by atoms with van der Waals surface area (Å²) in [6.07, 6.45) is 10.8. The summed E-state index contributed by atoms with van der Waals surface area (Å²) >= 11 is 0. The summed E-state index contributed by atoms with van der Waals surface area (Å²) in [7, 11) is 0. The Morgan fingerprint density at radius 1 is 1.05 bits per heavy atom. The number of hydrogen-bond acceptors (Lipinski definition) is 2. The first-order valence-corrected chi connectivity index (χ1v) is 8.67. The van der Waals surface area contributed by atoms with Gasteiger partial charge in [0, 0.05) is 30.2 Å². The first-order valence-electron chi connectivity index (χ1n) is 8.67. The Labute approximate surface area is 120 Å². The summed E-state index contributed by atoms with van der Waals surface area (Å²) < 4.78 is 0. The predicted octanol–water partition coefficient (Wildman–Crippen LogP) is 3.95. The summed E-state index contributed by atoms with van der Waals surface area (Å²) in [5.74, 6) is 0. The van der Waals surface area contributed by atoms with Crippen molar-refractivity contribution in [1.82, 2.24) is 10.2 Å². The van der Waals surface area contributed by atoms with E-state index >= 15 is 0 Å². The van der Waals surface area contributed by atoms with Crippen LogP contribution in [-0.2, 0) is 0 Å². The molecule has 1 spiro atoms. The lowest BCUT2D eigenvalue weighted by molar-refractivity contribution is -0.0255. The van der Waals surface area contributed by atoms with Gasteiger partial charge in [-0.2, -0.15) is 0 Å². The third-order valence-corrected chi connectivity index (χ3v) is 6.24. The van der Waals surface area contributed by atoms with Gasteiger partial charge in [0.2, 0.25) is 0 Å². The van der Waals surface area contributed by atoms with Crippen molar-refractivity contribution in [2.24, 2.45) is 0 Å². The molecule has 2 rings (SSSR count). The smallest absolute Gasteiger partial charge is 0.0309 e. The van der Waals surface area contributed by atoms with Crippen molar-refractivity contribution in [3.05, 3.63) is 0 Å². The van der Waals surface area contributed by atoms with E-state index in [4.69, 9.17) is 0 Å². The quantitative estimate of drug-likeness (QED) is 0.810. The molecule has 1 unspecified atom stereocenters. The second-order valence-corrected chi connectivity index (χ2v) is 6.84.